The van der Waals surface area contributed by atoms with E-state index in [4.69, 9.17) is 0 Å². The number of anilines is 2. The summed E-state index contributed by atoms with van der Waals surface area (Å²) in [5.41, 5.74) is 0.932. The van der Waals surface area contributed by atoms with Gasteiger partial charge in [0.05, 0.1) is 17.6 Å². The fourth-order valence-electron chi connectivity index (χ4n) is 2.70. The van der Waals surface area contributed by atoms with Crippen molar-refractivity contribution in [3.63, 3.8) is 0 Å². The zero-order valence-corrected chi connectivity index (χ0v) is 13.7. The number of hydrogen-bond acceptors (Lipinski definition) is 5. The lowest BCUT2D eigenvalue weighted by Gasteiger charge is -2.24. The molecule has 130 valence electrons. The predicted octanol–water partition coefficient (Wildman–Crippen LogP) is 1.61. The van der Waals surface area contributed by atoms with Gasteiger partial charge in [0.1, 0.15) is 0 Å². The predicted molar refractivity (Wildman–Crippen MR) is 90.6 cm³/mol. The molecule has 1 aliphatic rings. The zero-order valence-electron chi connectivity index (χ0n) is 13.7. The Morgan fingerprint density at radius 3 is 2.67 bits per heavy atom. The van der Waals surface area contributed by atoms with Gasteiger partial charge in [0.25, 0.3) is 0 Å². The molecule has 4 N–H and O–H groups in total. The Morgan fingerprint density at radius 1 is 1.25 bits per heavy atom. The van der Waals surface area contributed by atoms with Gasteiger partial charge < -0.3 is 21.3 Å². The van der Waals surface area contributed by atoms with Gasteiger partial charge in [-0.3, -0.25) is 14.6 Å². The smallest absolute Gasteiger partial charge is 0.316 e. The second kappa shape index (κ2) is 8.85. The van der Waals surface area contributed by atoms with Crippen LogP contribution in [0.1, 0.15) is 39.0 Å². The largest absolute Gasteiger partial charge is 0.358 e. The lowest BCUT2D eigenvalue weighted by atomic mass is 9.96. The highest BCUT2D eigenvalue weighted by atomic mass is 16.2. The van der Waals surface area contributed by atoms with E-state index < -0.39 is 6.17 Å². The molecule has 0 radical (unpaired) electrons. The van der Waals surface area contributed by atoms with Gasteiger partial charge in [-0.1, -0.05) is 19.3 Å². The van der Waals surface area contributed by atoms with Gasteiger partial charge in [-0.15, -0.1) is 0 Å². The number of rotatable bonds is 6. The van der Waals surface area contributed by atoms with Gasteiger partial charge in [0.2, 0.25) is 5.91 Å². The second-order valence-corrected chi connectivity index (χ2v) is 5.81. The number of carbonyl (C=O) groups is 3. The van der Waals surface area contributed by atoms with Crippen molar-refractivity contribution in [3.05, 3.63) is 18.5 Å². The molecule has 8 nitrogen and oxygen atoms in total. The van der Waals surface area contributed by atoms with Crippen molar-refractivity contribution in [1.82, 2.24) is 15.6 Å². The number of nitrogens with zero attached hydrogens (tertiary/aromatic N) is 1. The van der Waals surface area contributed by atoms with Crippen molar-refractivity contribution in [3.8, 4) is 0 Å². The fourth-order valence-corrected chi connectivity index (χ4v) is 2.70. The highest BCUT2D eigenvalue weighted by Crippen LogP contribution is 2.20. The summed E-state index contributed by atoms with van der Waals surface area (Å²) in [6, 6.07) is 1.38. The van der Waals surface area contributed by atoms with E-state index in [0.29, 0.717) is 17.7 Å². The summed E-state index contributed by atoms with van der Waals surface area (Å²) in [7, 11) is 0. The molecule has 1 aromatic heterocycles. The standard InChI is InChI=1S/C16H23N5O3/c1-11(23)18-14-9-17-8-7-13(14)20-15(10-22)21-16(24)19-12-5-3-2-4-6-12/h7-10,12,15H,2-6H2,1H3,(H,17,20)(H,18,23)(H2,19,21,24). The monoisotopic (exact) mass is 333 g/mol. The van der Waals surface area contributed by atoms with E-state index in [2.05, 4.69) is 26.3 Å². The third kappa shape index (κ3) is 5.53. The Kier molecular flexibility index (Phi) is 6.53. The average molecular weight is 333 g/mol. The maximum absolute atomic E-state index is 12.0. The van der Waals surface area contributed by atoms with E-state index in [-0.39, 0.29) is 18.0 Å². The number of aromatic nitrogens is 1. The van der Waals surface area contributed by atoms with Gasteiger partial charge in [-0.05, 0) is 18.9 Å². The number of amides is 3. The first kappa shape index (κ1) is 17.7. The number of pyridine rings is 1. The number of nitrogens with one attached hydrogen (secondary N) is 4. The molecule has 1 aromatic rings. The van der Waals surface area contributed by atoms with Crippen LogP contribution in [-0.4, -0.2) is 35.4 Å². The molecule has 0 bridgehead atoms. The lowest BCUT2D eigenvalue weighted by molar-refractivity contribution is -0.114. The minimum atomic E-state index is -0.913. The molecule has 0 aromatic carbocycles. The Bertz CT molecular complexity index is 587. The third-order valence-electron chi connectivity index (χ3n) is 3.81. The Hall–Kier alpha value is -2.64. The first-order chi connectivity index (χ1) is 11.6. The summed E-state index contributed by atoms with van der Waals surface area (Å²) in [6.07, 6.45) is 8.02. The van der Waals surface area contributed by atoms with Crippen molar-refractivity contribution in [1.29, 1.82) is 0 Å². The summed E-state index contributed by atoms with van der Waals surface area (Å²) < 4.78 is 0. The van der Waals surface area contributed by atoms with Gasteiger partial charge in [0, 0.05) is 19.2 Å². The zero-order chi connectivity index (χ0) is 17.4. The van der Waals surface area contributed by atoms with Gasteiger partial charge in [-0.2, -0.15) is 0 Å². The van der Waals surface area contributed by atoms with Crippen molar-refractivity contribution in [2.24, 2.45) is 0 Å². The Labute approximate surface area is 140 Å². The molecular weight excluding hydrogens is 310 g/mol. The Balaban J connectivity index is 1.93. The maximum Gasteiger partial charge on any atom is 0.316 e. The van der Waals surface area contributed by atoms with E-state index in [0.717, 1.165) is 25.7 Å². The number of urea groups is 1. The van der Waals surface area contributed by atoms with Crippen LogP contribution in [0.15, 0.2) is 18.5 Å². The third-order valence-corrected chi connectivity index (χ3v) is 3.81. The van der Waals surface area contributed by atoms with Crippen LogP contribution in [0.2, 0.25) is 0 Å². The minimum Gasteiger partial charge on any atom is -0.358 e. The molecule has 1 aliphatic carbocycles. The van der Waals surface area contributed by atoms with E-state index in [1.165, 1.54) is 25.7 Å². The van der Waals surface area contributed by atoms with Crippen LogP contribution in [0.25, 0.3) is 0 Å². The molecule has 0 aliphatic heterocycles. The molecule has 8 heteroatoms. The summed E-state index contributed by atoms with van der Waals surface area (Å²) in [6.45, 7) is 1.38. The molecule has 24 heavy (non-hydrogen) atoms. The molecule has 2 rings (SSSR count). The normalized spacial score (nSPS) is 15.9. The van der Waals surface area contributed by atoms with Gasteiger partial charge >= 0.3 is 6.03 Å². The summed E-state index contributed by atoms with van der Waals surface area (Å²) in [5.74, 6) is -0.253. The molecule has 1 fully saturated rings. The molecule has 1 heterocycles. The number of carbonyl (C=O) groups excluding carboxylic acids is 3. The quantitative estimate of drug-likeness (QED) is 0.467. The van der Waals surface area contributed by atoms with E-state index in [9.17, 15) is 14.4 Å². The lowest BCUT2D eigenvalue weighted by Crippen LogP contribution is -2.50. The number of hydrogen-bond donors (Lipinski definition) is 4. The van der Waals surface area contributed by atoms with Crippen LogP contribution >= 0.6 is 0 Å². The van der Waals surface area contributed by atoms with Crippen LogP contribution < -0.4 is 21.3 Å². The van der Waals surface area contributed by atoms with Crippen LogP contribution in [0.5, 0.6) is 0 Å². The highest BCUT2D eigenvalue weighted by Gasteiger charge is 2.18. The fraction of sp³-hybridized carbons (Fsp3) is 0.500. The van der Waals surface area contributed by atoms with E-state index >= 15 is 0 Å². The molecule has 1 saturated carbocycles. The van der Waals surface area contributed by atoms with Gasteiger partial charge in [-0.25, -0.2) is 4.79 Å². The second-order valence-electron chi connectivity index (χ2n) is 5.81. The van der Waals surface area contributed by atoms with Gasteiger partial charge in [0.15, 0.2) is 12.5 Å². The van der Waals surface area contributed by atoms with Crippen molar-refractivity contribution < 1.29 is 14.4 Å². The molecular formula is C16H23N5O3. The minimum absolute atomic E-state index is 0.155. The van der Waals surface area contributed by atoms with Crippen LogP contribution in [0.3, 0.4) is 0 Å². The van der Waals surface area contributed by atoms with Crippen LogP contribution in [0.4, 0.5) is 16.2 Å². The molecule has 3 amide bonds. The first-order valence-electron chi connectivity index (χ1n) is 8.09. The summed E-state index contributed by atoms with van der Waals surface area (Å²) in [5, 5.41) is 11.0. The molecule has 1 atom stereocenters. The molecule has 0 spiro atoms. The van der Waals surface area contributed by atoms with Crippen molar-refractivity contribution >= 4 is 29.6 Å². The first-order valence-corrected chi connectivity index (χ1v) is 8.09. The van der Waals surface area contributed by atoms with Crippen molar-refractivity contribution in [2.45, 2.75) is 51.2 Å². The Morgan fingerprint density at radius 2 is 2.00 bits per heavy atom. The van der Waals surface area contributed by atoms with Crippen LogP contribution in [0, 0.1) is 0 Å². The SMILES string of the molecule is CC(=O)Nc1cnccc1NC(C=O)NC(=O)NC1CCCCC1. The summed E-state index contributed by atoms with van der Waals surface area (Å²) in [4.78, 5) is 38.4. The topological polar surface area (TPSA) is 112 Å². The van der Waals surface area contributed by atoms with E-state index in [1.54, 1.807) is 6.07 Å². The van der Waals surface area contributed by atoms with E-state index in [1.807, 2.05) is 0 Å². The van der Waals surface area contributed by atoms with Crippen molar-refractivity contribution in [2.75, 3.05) is 10.6 Å². The number of aldehydes is 1. The molecule has 1 unspecified atom stereocenters. The molecule has 0 saturated heterocycles. The maximum atomic E-state index is 12.0. The highest BCUT2D eigenvalue weighted by molar-refractivity contribution is 5.92. The average Bonchev–Trinajstić information content (AvgIpc) is 2.56. The van der Waals surface area contributed by atoms with Crippen LogP contribution in [-0.2, 0) is 9.59 Å². The summed E-state index contributed by atoms with van der Waals surface area (Å²) >= 11 is 0.